The Morgan fingerprint density at radius 3 is 2.10 bits per heavy atom. The molecule has 0 spiro atoms. The molecule has 1 N–H and O–H groups in total. The highest BCUT2D eigenvalue weighted by atomic mass is 19.1. The Morgan fingerprint density at radius 2 is 1.62 bits per heavy atom. The van der Waals surface area contributed by atoms with Crippen LogP contribution in [0.2, 0.25) is 0 Å². The van der Waals surface area contributed by atoms with Crippen LogP contribution in [0.4, 0.5) is 4.39 Å². The van der Waals surface area contributed by atoms with E-state index in [0.29, 0.717) is 5.92 Å². The Bertz CT molecular complexity index is 449. The molecule has 0 heterocycles. The highest BCUT2D eigenvalue weighted by molar-refractivity contribution is 5.34. The third-order valence-electron chi connectivity index (χ3n) is 5.33. The third-order valence-corrected chi connectivity index (χ3v) is 5.33. The first kappa shape index (κ1) is 16.5. The molecule has 0 aliphatic heterocycles. The SMILES string of the molecule is CNC(c1c(C)cc(C)cc1F)C1CCC(C(C)C)CC1. The molecule has 1 aliphatic carbocycles. The van der Waals surface area contributed by atoms with E-state index in [1.54, 1.807) is 6.07 Å². The van der Waals surface area contributed by atoms with Crippen molar-refractivity contribution in [1.82, 2.24) is 5.32 Å². The van der Waals surface area contributed by atoms with Crippen LogP contribution in [0.3, 0.4) is 0 Å². The van der Waals surface area contributed by atoms with Gasteiger partial charge >= 0.3 is 0 Å². The topological polar surface area (TPSA) is 12.0 Å². The fourth-order valence-corrected chi connectivity index (χ4v) is 4.08. The molecule has 0 aromatic heterocycles. The number of aryl methyl sites for hydroxylation is 2. The van der Waals surface area contributed by atoms with E-state index in [1.807, 2.05) is 20.9 Å². The van der Waals surface area contributed by atoms with Gasteiger partial charge in [-0.15, -0.1) is 0 Å². The van der Waals surface area contributed by atoms with Crippen LogP contribution < -0.4 is 5.32 Å². The second kappa shape index (κ2) is 6.91. The summed E-state index contributed by atoms with van der Waals surface area (Å²) in [5, 5.41) is 3.39. The fraction of sp³-hybridized carbons (Fsp3) is 0.684. The van der Waals surface area contributed by atoms with Crippen molar-refractivity contribution in [2.45, 2.75) is 59.4 Å². The van der Waals surface area contributed by atoms with Gasteiger partial charge in [-0.3, -0.25) is 0 Å². The minimum Gasteiger partial charge on any atom is -0.313 e. The Labute approximate surface area is 129 Å². The lowest BCUT2D eigenvalue weighted by Crippen LogP contribution is -2.31. The quantitative estimate of drug-likeness (QED) is 0.807. The van der Waals surface area contributed by atoms with Gasteiger partial charge in [-0.05, 0) is 81.5 Å². The van der Waals surface area contributed by atoms with Gasteiger partial charge in [0.25, 0.3) is 0 Å². The van der Waals surface area contributed by atoms with Gasteiger partial charge in [0.2, 0.25) is 0 Å². The van der Waals surface area contributed by atoms with Crippen LogP contribution in [0.25, 0.3) is 0 Å². The molecule has 21 heavy (non-hydrogen) atoms. The van der Waals surface area contributed by atoms with Crippen molar-refractivity contribution in [3.8, 4) is 0 Å². The molecular weight excluding hydrogens is 261 g/mol. The van der Waals surface area contributed by atoms with Gasteiger partial charge in [-0.2, -0.15) is 0 Å². The Morgan fingerprint density at radius 1 is 1.05 bits per heavy atom. The molecule has 1 aliphatic rings. The molecular formula is C19H30FN. The van der Waals surface area contributed by atoms with Gasteiger partial charge in [0.1, 0.15) is 5.82 Å². The van der Waals surface area contributed by atoms with Crippen LogP contribution in [0.5, 0.6) is 0 Å². The van der Waals surface area contributed by atoms with Crippen LogP contribution in [0.15, 0.2) is 12.1 Å². The van der Waals surface area contributed by atoms with Gasteiger partial charge in [-0.25, -0.2) is 4.39 Å². The third kappa shape index (κ3) is 3.66. The summed E-state index contributed by atoms with van der Waals surface area (Å²) < 4.78 is 14.5. The zero-order valence-corrected chi connectivity index (χ0v) is 14.2. The van der Waals surface area contributed by atoms with Gasteiger partial charge in [-0.1, -0.05) is 19.9 Å². The molecule has 1 atom stereocenters. The van der Waals surface area contributed by atoms with E-state index in [2.05, 4.69) is 25.2 Å². The second-order valence-corrected chi connectivity index (χ2v) is 7.16. The van der Waals surface area contributed by atoms with Crippen molar-refractivity contribution in [3.63, 3.8) is 0 Å². The van der Waals surface area contributed by atoms with E-state index in [9.17, 15) is 4.39 Å². The molecule has 2 heteroatoms. The first-order valence-corrected chi connectivity index (χ1v) is 8.38. The van der Waals surface area contributed by atoms with Crippen molar-refractivity contribution < 1.29 is 4.39 Å². The highest BCUT2D eigenvalue weighted by Gasteiger charge is 2.31. The molecule has 0 radical (unpaired) electrons. The summed E-state index contributed by atoms with van der Waals surface area (Å²) >= 11 is 0. The van der Waals surface area contributed by atoms with Gasteiger partial charge in [0.15, 0.2) is 0 Å². The average Bonchev–Trinajstić information content (AvgIpc) is 2.42. The molecule has 0 saturated heterocycles. The zero-order chi connectivity index (χ0) is 15.6. The fourth-order valence-electron chi connectivity index (χ4n) is 4.08. The molecule has 1 unspecified atom stereocenters. The lowest BCUT2D eigenvalue weighted by atomic mass is 9.73. The minimum absolute atomic E-state index is 0.0437. The van der Waals surface area contributed by atoms with E-state index >= 15 is 0 Å². The average molecular weight is 291 g/mol. The molecule has 0 bridgehead atoms. The van der Waals surface area contributed by atoms with Gasteiger partial charge in [0.05, 0.1) is 0 Å². The summed E-state index contributed by atoms with van der Waals surface area (Å²) in [5.74, 6) is 2.14. The van der Waals surface area contributed by atoms with Crippen LogP contribution in [-0.2, 0) is 0 Å². The summed E-state index contributed by atoms with van der Waals surface area (Å²) in [6, 6.07) is 3.92. The summed E-state index contributed by atoms with van der Waals surface area (Å²) in [7, 11) is 1.97. The second-order valence-electron chi connectivity index (χ2n) is 7.16. The maximum Gasteiger partial charge on any atom is 0.128 e. The number of hydrogen-bond donors (Lipinski definition) is 1. The minimum atomic E-state index is -0.0437. The molecule has 1 saturated carbocycles. The normalized spacial score (nSPS) is 24.3. The summed E-state index contributed by atoms with van der Waals surface area (Å²) in [6.45, 7) is 8.65. The van der Waals surface area contributed by atoms with Crippen LogP contribution in [0.1, 0.15) is 62.3 Å². The number of halogens is 1. The zero-order valence-electron chi connectivity index (χ0n) is 14.2. The first-order valence-electron chi connectivity index (χ1n) is 8.38. The standard InChI is InChI=1S/C19H30FN/c1-12(2)15-6-8-16(9-7-15)19(21-5)18-14(4)10-13(3)11-17(18)20/h10-12,15-16,19,21H,6-9H2,1-5H3. The first-order chi connectivity index (χ1) is 9.93. The van der Waals surface area contributed by atoms with Crippen molar-refractivity contribution in [2.75, 3.05) is 7.05 Å². The number of hydrogen-bond acceptors (Lipinski definition) is 1. The highest BCUT2D eigenvalue weighted by Crippen LogP contribution is 2.40. The number of benzene rings is 1. The van der Waals surface area contributed by atoms with E-state index < -0.39 is 0 Å². The largest absolute Gasteiger partial charge is 0.313 e. The number of nitrogens with one attached hydrogen (secondary N) is 1. The summed E-state index contributed by atoms with van der Waals surface area (Å²) in [5.41, 5.74) is 2.97. The maximum absolute atomic E-state index is 14.5. The van der Waals surface area contributed by atoms with Crippen LogP contribution in [-0.4, -0.2) is 7.05 Å². The van der Waals surface area contributed by atoms with E-state index in [-0.39, 0.29) is 11.9 Å². The van der Waals surface area contributed by atoms with Gasteiger partial charge < -0.3 is 5.32 Å². The monoisotopic (exact) mass is 291 g/mol. The van der Waals surface area contributed by atoms with Crippen LogP contribution >= 0.6 is 0 Å². The molecule has 0 amide bonds. The Balaban J connectivity index is 2.18. The van der Waals surface area contributed by atoms with Crippen molar-refractivity contribution >= 4 is 0 Å². The van der Waals surface area contributed by atoms with Gasteiger partial charge in [0, 0.05) is 11.6 Å². The Kier molecular flexibility index (Phi) is 5.43. The van der Waals surface area contributed by atoms with E-state index in [1.165, 1.54) is 25.7 Å². The maximum atomic E-state index is 14.5. The molecule has 1 aromatic rings. The predicted octanol–water partition coefficient (Wildman–Crippen LogP) is 5.17. The Hall–Kier alpha value is -0.890. The van der Waals surface area contributed by atoms with Crippen molar-refractivity contribution in [2.24, 2.45) is 17.8 Å². The van der Waals surface area contributed by atoms with E-state index in [4.69, 9.17) is 0 Å². The van der Waals surface area contributed by atoms with E-state index in [0.717, 1.165) is 28.5 Å². The molecule has 1 aromatic carbocycles. The lowest BCUT2D eigenvalue weighted by molar-refractivity contribution is 0.190. The van der Waals surface area contributed by atoms with Crippen molar-refractivity contribution in [1.29, 1.82) is 0 Å². The molecule has 118 valence electrons. The lowest BCUT2D eigenvalue weighted by Gasteiger charge is -2.36. The molecule has 1 fully saturated rings. The summed E-state index contributed by atoms with van der Waals surface area (Å²) in [4.78, 5) is 0. The molecule has 2 rings (SSSR count). The predicted molar refractivity (Wildman–Crippen MR) is 88.0 cm³/mol. The molecule has 1 nitrogen and oxygen atoms in total. The number of rotatable bonds is 4. The smallest absolute Gasteiger partial charge is 0.128 e. The summed E-state index contributed by atoms with van der Waals surface area (Å²) in [6.07, 6.45) is 4.99. The van der Waals surface area contributed by atoms with Crippen molar-refractivity contribution in [3.05, 3.63) is 34.6 Å². The van der Waals surface area contributed by atoms with Crippen LogP contribution in [0, 0.1) is 37.4 Å².